The molecule has 0 unspecified atom stereocenters. The van der Waals surface area contributed by atoms with E-state index in [4.69, 9.17) is 0 Å². The van der Waals surface area contributed by atoms with Gasteiger partial charge in [0, 0.05) is 30.4 Å². The molecule has 19 heavy (non-hydrogen) atoms. The Labute approximate surface area is 107 Å². The maximum absolute atomic E-state index is 12.2. The molecule has 0 saturated heterocycles. The van der Waals surface area contributed by atoms with Crippen LogP contribution in [-0.2, 0) is 13.1 Å². The van der Waals surface area contributed by atoms with Crippen molar-refractivity contribution < 1.29 is 17.9 Å². The summed E-state index contributed by atoms with van der Waals surface area (Å²) in [6.45, 7) is 0.786. The fourth-order valence-corrected chi connectivity index (χ4v) is 1.59. The summed E-state index contributed by atoms with van der Waals surface area (Å²) in [4.78, 5) is 0. The first kappa shape index (κ1) is 13.4. The maximum Gasteiger partial charge on any atom is 0.573 e. The summed E-state index contributed by atoms with van der Waals surface area (Å²) in [6, 6.07) is 6.05. The van der Waals surface area contributed by atoms with Crippen molar-refractivity contribution in [3.63, 3.8) is 0 Å². The van der Waals surface area contributed by atoms with Gasteiger partial charge in [0.25, 0.3) is 0 Å². The lowest BCUT2D eigenvalue weighted by molar-refractivity contribution is -0.274. The van der Waals surface area contributed by atoms with Gasteiger partial charge in [-0.25, -0.2) is 0 Å². The first-order chi connectivity index (χ1) is 9.04. The Balaban J connectivity index is 1.96. The number of benzene rings is 1. The molecule has 0 radical (unpaired) electrons. The third-order valence-corrected chi connectivity index (χ3v) is 2.40. The summed E-state index contributed by atoms with van der Waals surface area (Å²) in [5.41, 5.74) is 1.37. The Kier molecular flexibility index (Phi) is 4.06. The number of rotatable bonds is 5. The summed E-state index contributed by atoms with van der Waals surface area (Å²) in [6.07, 6.45) is -1.32. The molecule has 7 heteroatoms. The van der Waals surface area contributed by atoms with Crippen molar-refractivity contribution in [1.29, 1.82) is 0 Å². The molecule has 2 aromatic rings. The molecule has 0 amide bonds. The fraction of sp³-hybridized carbons (Fsp3) is 0.250. The molecule has 1 aromatic carbocycles. The standard InChI is InChI=1S/C12H12F3N3O/c13-12(14,15)19-11-4-2-1-3-10(11)8-16-5-9-6-17-18-7-9/h1-4,6-7,16H,5,8H2,(H,17,18). The van der Waals surface area contributed by atoms with Crippen LogP contribution < -0.4 is 10.1 Å². The van der Waals surface area contributed by atoms with Crippen LogP contribution in [-0.4, -0.2) is 16.6 Å². The first-order valence-electron chi connectivity index (χ1n) is 5.56. The summed E-state index contributed by atoms with van der Waals surface area (Å²) in [5.74, 6) is -0.185. The minimum absolute atomic E-state index is 0.185. The van der Waals surface area contributed by atoms with E-state index in [-0.39, 0.29) is 12.3 Å². The Bertz CT molecular complexity index is 511. The molecule has 0 saturated carbocycles. The molecule has 0 atom stereocenters. The van der Waals surface area contributed by atoms with E-state index in [0.717, 1.165) is 5.56 Å². The van der Waals surface area contributed by atoms with Crippen molar-refractivity contribution in [3.05, 3.63) is 47.8 Å². The van der Waals surface area contributed by atoms with Gasteiger partial charge in [-0.3, -0.25) is 5.10 Å². The quantitative estimate of drug-likeness (QED) is 0.878. The van der Waals surface area contributed by atoms with E-state index < -0.39 is 6.36 Å². The van der Waals surface area contributed by atoms with E-state index >= 15 is 0 Å². The van der Waals surface area contributed by atoms with E-state index in [1.54, 1.807) is 24.5 Å². The third-order valence-electron chi connectivity index (χ3n) is 2.40. The minimum atomic E-state index is -4.68. The minimum Gasteiger partial charge on any atom is -0.405 e. The van der Waals surface area contributed by atoms with E-state index in [2.05, 4.69) is 20.3 Å². The maximum atomic E-state index is 12.2. The molecule has 0 aliphatic heterocycles. The number of nitrogens with one attached hydrogen (secondary N) is 2. The molecule has 102 valence electrons. The lowest BCUT2D eigenvalue weighted by Crippen LogP contribution is -2.19. The molecular formula is C12H12F3N3O. The summed E-state index contributed by atoms with van der Waals surface area (Å²) < 4.78 is 40.6. The number of ether oxygens (including phenoxy) is 1. The van der Waals surface area contributed by atoms with Gasteiger partial charge in [0.2, 0.25) is 0 Å². The van der Waals surface area contributed by atoms with Gasteiger partial charge in [-0.2, -0.15) is 5.10 Å². The molecular weight excluding hydrogens is 259 g/mol. The van der Waals surface area contributed by atoms with Crippen LogP contribution in [0.5, 0.6) is 5.75 Å². The highest BCUT2D eigenvalue weighted by molar-refractivity contribution is 5.33. The Hall–Kier alpha value is -2.02. The number of halogens is 3. The smallest absolute Gasteiger partial charge is 0.405 e. The van der Waals surface area contributed by atoms with Gasteiger partial charge in [0.15, 0.2) is 0 Å². The Morgan fingerprint density at radius 1 is 1.21 bits per heavy atom. The first-order valence-corrected chi connectivity index (χ1v) is 5.56. The molecule has 0 fully saturated rings. The van der Waals surface area contributed by atoms with Crippen LogP contribution in [0.2, 0.25) is 0 Å². The van der Waals surface area contributed by atoms with Crippen molar-refractivity contribution in [2.45, 2.75) is 19.5 Å². The molecule has 2 rings (SSSR count). The van der Waals surface area contributed by atoms with Crippen LogP contribution in [0.4, 0.5) is 13.2 Å². The predicted octanol–water partition coefficient (Wildman–Crippen LogP) is 2.60. The van der Waals surface area contributed by atoms with Crippen molar-refractivity contribution in [2.24, 2.45) is 0 Å². The van der Waals surface area contributed by atoms with Crippen LogP contribution in [0.1, 0.15) is 11.1 Å². The Morgan fingerprint density at radius 2 is 2.00 bits per heavy atom. The zero-order chi connectivity index (χ0) is 13.7. The average Bonchev–Trinajstić information content (AvgIpc) is 2.82. The van der Waals surface area contributed by atoms with Crippen molar-refractivity contribution in [1.82, 2.24) is 15.5 Å². The van der Waals surface area contributed by atoms with Gasteiger partial charge < -0.3 is 10.1 Å². The number of aromatic amines is 1. The number of hydrogen-bond donors (Lipinski definition) is 2. The van der Waals surface area contributed by atoms with Gasteiger partial charge in [-0.15, -0.1) is 13.2 Å². The number of hydrogen-bond acceptors (Lipinski definition) is 3. The van der Waals surface area contributed by atoms with E-state index in [1.807, 2.05) is 0 Å². The lowest BCUT2D eigenvalue weighted by atomic mass is 10.2. The van der Waals surface area contributed by atoms with Crippen LogP contribution in [0.3, 0.4) is 0 Å². The van der Waals surface area contributed by atoms with Crippen molar-refractivity contribution in [3.8, 4) is 5.75 Å². The van der Waals surface area contributed by atoms with Crippen molar-refractivity contribution >= 4 is 0 Å². The Morgan fingerprint density at radius 3 is 2.68 bits per heavy atom. The second-order valence-electron chi connectivity index (χ2n) is 3.87. The zero-order valence-corrected chi connectivity index (χ0v) is 9.87. The second kappa shape index (κ2) is 5.75. The van der Waals surface area contributed by atoms with Crippen LogP contribution in [0.15, 0.2) is 36.7 Å². The van der Waals surface area contributed by atoms with Gasteiger partial charge in [0.05, 0.1) is 6.20 Å². The largest absolute Gasteiger partial charge is 0.573 e. The second-order valence-corrected chi connectivity index (χ2v) is 3.87. The van der Waals surface area contributed by atoms with Crippen LogP contribution in [0, 0.1) is 0 Å². The zero-order valence-electron chi connectivity index (χ0n) is 9.87. The van der Waals surface area contributed by atoms with Gasteiger partial charge in [-0.05, 0) is 6.07 Å². The number of H-pyrrole nitrogens is 1. The molecule has 4 nitrogen and oxygen atoms in total. The van der Waals surface area contributed by atoms with E-state index in [0.29, 0.717) is 12.1 Å². The molecule has 1 heterocycles. The summed E-state index contributed by atoms with van der Waals surface area (Å²) in [5, 5.41) is 9.46. The van der Waals surface area contributed by atoms with Crippen molar-refractivity contribution in [2.75, 3.05) is 0 Å². The molecule has 0 spiro atoms. The highest BCUT2D eigenvalue weighted by atomic mass is 19.4. The molecule has 1 aromatic heterocycles. The SMILES string of the molecule is FC(F)(F)Oc1ccccc1CNCc1cn[nH]c1. The van der Waals surface area contributed by atoms with Gasteiger partial charge >= 0.3 is 6.36 Å². The van der Waals surface area contributed by atoms with Gasteiger partial charge in [-0.1, -0.05) is 18.2 Å². The number of para-hydroxylation sites is 1. The highest BCUT2D eigenvalue weighted by Crippen LogP contribution is 2.26. The van der Waals surface area contributed by atoms with E-state index in [1.165, 1.54) is 12.1 Å². The van der Waals surface area contributed by atoms with Crippen LogP contribution in [0.25, 0.3) is 0 Å². The number of aromatic nitrogens is 2. The predicted molar refractivity (Wildman–Crippen MR) is 62.3 cm³/mol. The van der Waals surface area contributed by atoms with E-state index in [9.17, 15) is 13.2 Å². The molecule has 0 aliphatic carbocycles. The molecule has 2 N–H and O–H groups in total. The monoisotopic (exact) mass is 271 g/mol. The van der Waals surface area contributed by atoms with Gasteiger partial charge in [0.1, 0.15) is 5.75 Å². The third kappa shape index (κ3) is 4.29. The summed E-state index contributed by atoms with van der Waals surface area (Å²) in [7, 11) is 0. The molecule has 0 bridgehead atoms. The fourth-order valence-electron chi connectivity index (χ4n) is 1.59. The topological polar surface area (TPSA) is 49.9 Å². The number of nitrogens with zero attached hydrogens (tertiary/aromatic N) is 1. The van der Waals surface area contributed by atoms with Crippen LogP contribution >= 0.6 is 0 Å². The highest BCUT2D eigenvalue weighted by Gasteiger charge is 2.31. The summed E-state index contributed by atoms with van der Waals surface area (Å²) >= 11 is 0. The average molecular weight is 271 g/mol. The normalized spacial score (nSPS) is 11.5. The lowest BCUT2D eigenvalue weighted by Gasteiger charge is -2.13. The number of alkyl halides is 3. The molecule has 0 aliphatic rings.